The summed E-state index contributed by atoms with van der Waals surface area (Å²) >= 11 is 0. The molecule has 5 heteroatoms. The molecule has 0 atom stereocenters. The Balaban J connectivity index is 1.69. The van der Waals surface area contributed by atoms with Crippen molar-refractivity contribution < 1.29 is 19.0 Å². The first-order valence-electron chi connectivity index (χ1n) is 6.55. The largest absolute Gasteiger partial charge is 0.466 e. The standard InChI is InChI=1S/C14H19NO4/c1-2-17-13(16)7-4-8-15-9-11-5-3-6-12-14(11)19-10-18-12/h3,5-6,15H,2,4,7-10H2,1H3. The summed E-state index contributed by atoms with van der Waals surface area (Å²) in [6, 6.07) is 5.85. The minimum atomic E-state index is -0.137. The number of carbonyl (C=O) groups excluding carboxylic acids is 1. The zero-order valence-electron chi connectivity index (χ0n) is 11.1. The number of benzene rings is 1. The molecule has 104 valence electrons. The van der Waals surface area contributed by atoms with Gasteiger partial charge in [0, 0.05) is 18.5 Å². The first-order valence-corrected chi connectivity index (χ1v) is 6.55. The summed E-state index contributed by atoms with van der Waals surface area (Å²) in [7, 11) is 0. The Morgan fingerprint density at radius 3 is 3.16 bits per heavy atom. The third kappa shape index (κ3) is 3.86. The number of hydrogen-bond acceptors (Lipinski definition) is 5. The Morgan fingerprint density at radius 2 is 2.32 bits per heavy atom. The molecule has 1 N–H and O–H groups in total. The van der Waals surface area contributed by atoms with Crippen LogP contribution in [0.3, 0.4) is 0 Å². The molecule has 0 saturated carbocycles. The van der Waals surface area contributed by atoms with E-state index in [0.29, 0.717) is 19.6 Å². The van der Waals surface area contributed by atoms with Crippen LogP contribution >= 0.6 is 0 Å². The monoisotopic (exact) mass is 265 g/mol. The molecular weight excluding hydrogens is 246 g/mol. The van der Waals surface area contributed by atoms with E-state index in [1.54, 1.807) is 0 Å². The average Bonchev–Trinajstić information content (AvgIpc) is 2.87. The van der Waals surface area contributed by atoms with E-state index in [1.165, 1.54) is 0 Å². The fraction of sp³-hybridized carbons (Fsp3) is 0.500. The van der Waals surface area contributed by atoms with E-state index < -0.39 is 0 Å². The first-order chi connectivity index (χ1) is 9.31. The van der Waals surface area contributed by atoms with Crippen LogP contribution in [0.5, 0.6) is 11.5 Å². The Hall–Kier alpha value is -1.75. The van der Waals surface area contributed by atoms with Crippen molar-refractivity contribution in [3.63, 3.8) is 0 Å². The Labute approximate surface area is 112 Å². The molecule has 1 heterocycles. The SMILES string of the molecule is CCOC(=O)CCCNCc1cccc2c1OCO2. The normalized spacial score (nSPS) is 12.5. The molecule has 0 fully saturated rings. The van der Waals surface area contributed by atoms with Gasteiger partial charge in [-0.1, -0.05) is 12.1 Å². The van der Waals surface area contributed by atoms with E-state index in [-0.39, 0.29) is 12.8 Å². The number of hydrogen-bond donors (Lipinski definition) is 1. The van der Waals surface area contributed by atoms with Crippen molar-refractivity contribution in [3.8, 4) is 11.5 Å². The van der Waals surface area contributed by atoms with Gasteiger partial charge in [-0.05, 0) is 26.0 Å². The number of ether oxygens (including phenoxy) is 3. The predicted octanol–water partition coefficient (Wildman–Crippen LogP) is 1.85. The van der Waals surface area contributed by atoms with Crippen molar-refractivity contribution in [1.29, 1.82) is 0 Å². The number of nitrogens with one attached hydrogen (secondary N) is 1. The lowest BCUT2D eigenvalue weighted by Crippen LogP contribution is -2.16. The molecule has 0 bridgehead atoms. The molecule has 5 nitrogen and oxygen atoms in total. The summed E-state index contributed by atoms with van der Waals surface area (Å²) in [5, 5.41) is 3.29. The molecule has 0 amide bonds. The third-order valence-electron chi connectivity index (χ3n) is 2.83. The van der Waals surface area contributed by atoms with E-state index in [2.05, 4.69) is 5.32 Å². The van der Waals surface area contributed by atoms with Gasteiger partial charge in [0.2, 0.25) is 6.79 Å². The van der Waals surface area contributed by atoms with Crippen LogP contribution < -0.4 is 14.8 Å². The lowest BCUT2D eigenvalue weighted by molar-refractivity contribution is -0.143. The van der Waals surface area contributed by atoms with Crippen molar-refractivity contribution in [1.82, 2.24) is 5.32 Å². The van der Waals surface area contributed by atoms with Crippen LogP contribution in [0.25, 0.3) is 0 Å². The quantitative estimate of drug-likeness (QED) is 0.602. The topological polar surface area (TPSA) is 56.8 Å². The number of rotatable bonds is 7. The highest BCUT2D eigenvalue weighted by Gasteiger charge is 2.16. The second-order valence-corrected chi connectivity index (χ2v) is 4.24. The second kappa shape index (κ2) is 6.99. The number of carbonyl (C=O) groups is 1. The maximum atomic E-state index is 11.1. The van der Waals surface area contributed by atoms with Gasteiger partial charge in [-0.25, -0.2) is 0 Å². The first kappa shape index (κ1) is 13.7. The van der Waals surface area contributed by atoms with Gasteiger partial charge in [0.15, 0.2) is 11.5 Å². The summed E-state index contributed by atoms with van der Waals surface area (Å²) in [5.74, 6) is 1.48. The predicted molar refractivity (Wildman–Crippen MR) is 70.1 cm³/mol. The van der Waals surface area contributed by atoms with Crippen LogP contribution in [0.1, 0.15) is 25.3 Å². The molecule has 0 spiro atoms. The summed E-state index contributed by atoms with van der Waals surface area (Å²) < 4.78 is 15.6. The summed E-state index contributed by atoms with van der Waals surface area (Å²) in [6.07, 6.45) is 1.22. The maximum Gasteiger partial charge on any atom is 0.305 e. The molecule has 0 unspecified atom stereocenters. The van der Waals surface area contributed by atoms with E-state index >= 15 is 0 Å². The third-order valence-corrected chi connectivity index (χ3v) is 2.83. The molecule has 0 aromatic heterocycles. The van der Waals surface area contributed by atoms with Crippen molar-refractivity contribution in [3.05, 3.63) is 23.8 Å². The molecule has 1 aromatic carbocycles. The highest BCUT2D eigenvalue weighted by atomic mass is 16.7. The average molecular weight is 265 g/mol. The number of para-hydroxylation sites is 1. The maximum absolute atomic E-state index is 11.1. The van der Waals surface area contributed by atoms with Gasteiger partial charge in [0.05, 0.1) is 6.61 Å². The number of fused-ring (bicyclic) bond motifs is 1. The van der Waals surface area contributed by atoms with Gasteiger partial charge in [-0.2, -0.15) is 0 Å². The fourth-order valence-electron chi connectivity index (χ4n) is 1.94. The van der Waals surface area contributed by atoms with Gasteiger partial charge in [-0.3, -0.25) is 4.79 Å². The van der Waals surface area contributed by atoms with Crippen LogP contribution in [0, 0.1) is 0 Å². The Bertz CT molecular complexity index is 433. The van der Waals surface area contributed by atoms with Crippen LogP contribution in [-0.4, -0.2) is 25.9 Å². The minimum Gasteiger partial charge on any atom is -0.466 e. The molecule has 0 aliphatic carbocycles. The molecule has 1 aliphatic rings. The number of esters is 1. The molecular formula is C14H19NO4. The van der Waals surface area contributed by atoms with Crippen molar-refractivity contribution >= 4 is 5.97 Å². The van der Waals surface area contributed by atoms with Crippen LogP contribution in [0.15, 0.2) is 18.2 Å². The molecule has 1 aliphatic heterocycles. The highest BCUT2D eigenvalue weighted by molar-refractivity contribution is 5.69. The van der Waals surface area contributed by atoms with E-state index in [0.717, 1.165) is 30.0 Å². The second-order valence-electron chi connectivity index (χ2n) is 4.24. The Kier molecular flexibility index (Phi) is 5.03. The van der Waals surface area contributed by atoms with Crippen molar-refractivity contribution in [2.24, 2.45) is 0 Å². The van der Waals surface area contributed by atoms with E-state index in [4.69, 9.17) is 14.2 Å². The molecule has 1 aromatic rings. The van der Waals surface area contributed by atoms with E-state index in [9.17, 15) is 4.79 Å². The summed E-state index contributed by atoms with van der Waals surface area (Å²) in [6.45, 7) is 4.02. The van der Waals surface area contributed by atoms with Gasteiger partial charge in [0.1, 0.15) is 0 Å². The van der Waals surface area contributed by atoms with Crippen molar-refractivity contribution in [2.75, 3.05) is 19.9 Å². The minimum absolute atomic E-state index is 0.137. The van der Waals surface area contributed by atoms with Crippen LogP contribution in [-0.2, 0) is 16.1 Å². The zero-order chi connectivity index (χ0) is 13.5. The van der Waals surface area contributed by atoms with Crippen molar-refractivity contribution in [2.45, 2.75) is 26.3 Å². The molecule has 0 saturated heterocycles. The van der Waals surface area contributed by atoms with E-state index in [1.807, 2.05) is 25.1 Å². The van der Waals surface area contributed by atoms with Crippen LogP contribution in [0.4, 0.5) is 0 Å². The molecule has 0 radical (unpaired) electrons. The smallest absolute Gasteiger partial charge is 0.305 e. The van der Waals surface area contributed by atoms with Gasteiger partial charge >= 0.3 is 5.97 Å². The lowest BCUT2D eigenvalue weighted by atomic mass is 10.2. The zero-order valence-corrected chi connectivity index (χ0v) is 11.1. The fourth-order valence-corrected chi connectivity index (χ4v) is 1.94. The van der Waals surface area contributed by atoms with Gasteiger partial charge in [0.25, 0.3) is 0 Å². The molecule has 2 rings (SSSR count). The Morgan fingerprint density at radius 1 is 1.42 bits per heavy atom. The highest BCUT2D eigenvalue weighted by Crippen LogP contribution is 2.35. The summed E-state index contributed by atoms with van der Waals surface area (Å²) in [4.78, 5) is 11.1. The summed E-state index contributed by atoms with van der Waals surface area (Å²) in [5.41, 5.74) is 1.08. The van der Waals surface area contributed by atoms with Crippen LogP contribution in [0.2, 0.25) is 0 Å². The van der Waals surface area contributed by atoms with Gasteiger partial charge < -0.3 is 19.5 Å². The van der Waals surface area contributed by atoms with Gasteiger partial charge in [-0.15, -0.1) is 0 Å². The lowest BCUT2D eigenvalue weighted by Gasteiger charge is -2.07. The molecule has 19 heavy (non-hydrogen) atoms.